The Morgan fingerprint density at radius 3 is 2.87 bits per heavy atom. The molecule has 0 atom stereocenters. The zero-order valence-corrected chi connectivity index (χ0v) is 16.8. The number of hydrogen-bond donors (Lipinski definition) is 1. The van der Waals surface area contributed by atoms with Crippen molar-refractivity contribution < 1.29 is 4.39 Å². The summed E-state index contributed by atoms with van der Waals surface area (Å²) < 4.78 is 14.6. The number of halogens is 2. The number of H-pyrrole nitrogens is 1. The maximum absolute atomic E-state index is 13.8. The standard InChI is InChI=1S/C15H20FIN4S2/c1-2-3-5-12-11(6-7-13(16)14(12)17)10-22-8-4-9-23-15-18-20-21-19-15/h6-7H,2-5,8-10H2,1H3,(H,18,19,20,21). The molecule has 1 N–H and O–H groups in total. The summed E-state index contributed by atoms with van der Waals surface area (Å²) >= 11 is 5.68. The SMILES string of the molecule is CCCCc1c(CSCCCSc2nnn[nH]2)ccc(F)c1I. The minimum atomic E-state index is -0.0949. The summed E-state index contributed by atoms with van der Waals surface area (Å²) in [6, 6.07) is 3.55. The van der Waals surface area contributed by atoms with Crippen molar-refractivity contribution in [2.45, 2.75) is 43.5 Å². The molecule has 0 saturated carbocycles. The van der Waals surface area contributed by atoms with Crippen LogP contribution >= 0.6 is 46.1 Å². The minimum Gasteiger partial charge on any atom is -0.234 e. The van der Waals surface area contributed by atoms with Gasteiger partial charge in [0.2, 0.25) is 5.16 Å². The van der Waals surface area contributed by atoms with Crippen LogP contribution in [0, 0.1) is 9.39 Å². The molecular weight excluding hydrogens is 446 g/mol. The predicted molar refractivity (Wildman–Crippen MR) is 103 cm³/mol. The lowest BCUT2D eigenvalue weighted by Gasteiger charge is -2.12. The second-order valence-electron chi connectivity index (χ2n) is 5.06. The highest BCUT2D eigenvalue weighted by Crippen LogP contribution is 2.26. The molecule has 0 fully saturated rings. The van der Waals surface area contributed by atoms with Crippen LogP contribution in [0.5, 0.6) is 0 Å². The molecule has 4 nitrogen and oxygen atoms in total. The van der Waals surface area contributed by atoms with Gasteiger partial charge in [0.05, 0.1) is 3.57 Å². The maximum Gasteiger partial charge on any atom is 0.206 e. The van der Waals surface area contributed by atoms with Crippen molar-refractivity contribution in [3.05, 3.63) is 32.6 Å². The van der Waals surface area contributed by atoms with Crippen LogP contribution < -0.4 is 0 Å². The van der Waals surface area contributed by atoms with Crippen molar-refractivity contribution in [2.24, 2.45) is 0 Å². The molecule has 0 saturated heterocycles. The summed E-state index contributed by atoms with van der Waals surface area (Å²) in [5.74, 6) is 2.93. The number of rotatable bonds is 10. The number of hydrogen-bond acceptors (Lipinski definition) is 5. The summed E-state index contributed by atoms with van der Waals surface area (Å²) in [6.07, 6.45) is 4.31. The second kappa shape index (κ2) is 10.5. The number of nitrogens with zero attached hydrogens (tertiary/aromatic N) is 3. The highest BCUT2D eigenvalue weighted by molar-refractivity contribution is 14.1. The normalized spacial score (nSPS) is 11.1. The number of unbranched alkanes of at least 4 members (excludes halogenated alkanes) is 1. The molecule has 0 aliphatic carbocycles. The minimum absolute atomic E-state index is 0.0949. The molecule has 0 spiro atoms. The molecule has 0 unspecified atom stereocenters. The van der Waals surface area contributed by atoms with E-state index in [1.54, 1.807) is 17.8 Å². The third-order valence-corrected chi connectivity index (χ3v) is 6.53. The van der Waals surface area contributed by atoms with Crippen LogP contribution in [0.1, 0.15) is 37.3 Å². The molecule has 0 amide bonds. The summed E-state index contributed by atoms with van der Waals surface area (Å²) in [6.45, 7) is 2.17. The first-order valence-electron chi connectivity index (χ1n) is 7.62. The van der Waals surface area contributed by atoms with Crippen LogP contribution in [0.25, 0.3) is 0 Å². The molecular formula is C15H20FIN4S2. The van der Waals surface area contributed by atoms with Gasteiger partial charge in [-0.15, -0.1) is 5.10 Å². The van der Waals surface area contributed by atoms with Gasteiger partial charge in [-0.1, -0.05) is 31.2 Å². The Hall–Kier alpha value is -0.350. The molecule has 0 bridgehead atoms. The van der Waals surface area contributed by atoms with Gasteiger partial charge in [0.15, 0.2) is 0 Å². The molecule has 2 aromatic rings. The Bertz CT molecular complexity index is 595. The molecule has 2 rings (SSSR count). The smallest absolute Gasteiger partial charge is 0.206 e. The van der Waals surface area contributed by atoms with Gasteiger partial charge in [0.25, 0.3) is 0 Å². The molecule has 126 valence electrons. The van der Waals surface area contributed by atoms with Crippen molar-refractivity contribution in [2.75, 3.05) is 11.5 Å². The third kappa shape index (κ3) is 6.22. The van der Waals surface area contributed by atoms with Crippen LogP contribution in [0.4, 0.5) is 4.39 Å². The van der Waals surface area contributed by atoms with Gasteiger partial charge in [-0.25, -0.2) is 9.49 Å². The Morgan fingerprint density at radius 2 is 2.13 bits per heavy atom. The average Bonchev–Trinajstić information content (AvgIpc) is 3.06. The van der Waals surface area contributed by atoms with Gasteiger partial charge in [-0.05, 0) is 75.2 Å². The molecule has 0 aliphatic rings. The van der Waals surface area contributed by atoms with E-state index in [9.17, 15) is 4.39 Å². The number of aromatic nitrogens is 4. The number of tetrazole rings is 1. The van der Waals surface area contributed by atoms with Crippen LogP contribution in [0.2, 0.25) is 0 Å². The largest absolute Gasteiger partial charge is 0.234 e. The topological polar surface area (TPSA) is 54.5 Å². The molecule has 8 heteroatoms. The van der Waals surface area contributed by atoms with E-state index >= 15 is 0 Å². The summed E-state index contributed by atoms with van der Waals surface area (Å²) in [7, 11) is 0. The van der Waals surface area contributed by atoms with Crippen molar-refractivity contribution >= 4 is 46.1 Å². The van der Waals surface area contributed by atoms with Gasteiger partial charge in [0.1, 0.15) is 5.82 Å². The Balaban J connectivity index is 1.77. The maximum atomic E-state index is 13.8. The first-order valence-corrected chi connectivity index (χ1v) is 10.8. The molecule has 0 aliphatic heterocycles. The molecule has 0 radical (unpaired) electrons. The highest BCUT2D eigenvalue weighted by Gasteiger charge is 2.11. The second-order valence-corrected chi connectivity index (χ2v) is 8.33. The van der Waals surface area contributed by atoms with Gasteiger partial charge < -0.3 is 0 Å². The van der Waals surface area contributed by atoms with Gasteiger partial charge in [-0.2, -0.15) is 11.8 Å². The monoisotopic (exact) mass is 466 g/mol. The highest BCUT2D eigenvalue weighted by atomic mass is 127. The van der Waals surface area contributed by atoms with Crippen molar-refractivity contribution in [3.8, 4) is 0 Å². The van der Waals surface area contributed by atoms with Gasteiger partial charge in [-0.3, -0.25) is 0 Å². The molecule has 1 heterocycles. The Labute approximate surface area is 158 Å². The van der Waals surface area contributed by atoms with E-state index in [4.69, 9.17) is 0 Å². The zero-order chi connectivity index (χ0) is 16.5. The van der Waals surface area contributed by atoms with Crippen LogP contribution in [-0.2, 0) is 12.2 Å². The fourth-order valence-electron chi connectivity index (χ4n) is 2.12. The lowest BCUT2D eigenvalue weighted by molar-refractivity contribution is 0.614. The van der Waals surface area contributed by atoms with Crippen molar-refractivity contribution in [1.82, 2.24) is 20.6 Å². The van der Waals surface area contributed by atoms with Crippen LogP contribution in [0.15, 0.2) is 17.3 Å². The number of benzene rings is 1. The van der Waals surface area contributed by atoms with Gasteiger partial charge >= 0.3 is 0 Å². The number of nitrogens with one attached hydrogen (secondary N) is 1. The van der Waals surface area contributed by atoms with Crippen molar-refractivity contribution in [1.29, 1.82) is 0 Å². The lowest BCUT2D eigenvalue weighted by Crippen LogP contribution is -2.00. The fraction of sp³-hybridized carbons (Fsp3) is 0.533. The van der Waals surface area contributed by atoms with E-state index in [0.29, 0.717) is 0 Å². The van der Waals surface area contributed by atoms with Gasteiger partial charge in [0, 0.05) is 11.5 Å². The van der Waals surface area contributed by atoms with E-state index < -0.39 is 0 Å². The quantitative estimate of drug-likeness (QED) is 0.313. The van der Waals surface area contributed by atoms with Crippen LogP contribution in [0.3, 0.4) is 0 Å². The molecule has 1 aromatic heterocycles. The van der Waals surface area contributed by atoms with E-state index in [0.717, 1.165) is 51.7 Å². The van der Waals surface area contributed by atoms with E-state index in [2.05, 4.69) is 50.1 Å². The summed E-state index contributed by atoms with van der Waals surface area (Å²) in [5, 5.41) is 14.4. The number of thioether (sulfide) groups is 2. The average molecular weight is 466 g/mol. The molecule has 23 heavy (non-hydrogen) atoms. The summed E-state index contributed by atoms with van der Waals surface area (Å²) in [5.41, 5.74) is 2.48. The van der Waals surface area contributed by atoms with E-state index in [1.807, 2.05) is 17.8 Å². The summed E-state index contributed by atoms with van der Waals surface area (Å²) in [4.78, 5) is 0. The predicted octanol–water partition coefficient (Wildman–Crippen LogP) is 4.70. The fourth-order valence-corrected chi connectivity index (χ4v) is 4.76. The van der Waals surface area contributed by atoms with E-state index in [-0.39, 0.29) is 5.82 Å². The third-order valence-electron chi connectivity index (χ3n) is 3.33. The van der Waals surface area contributed by atoms with Crippen molar-refractivity contribution in [3.63, 3.8) is 0 Å². The number of aromatic amines is 1. The first-order chi connectivity index (χ1) is 11.2. The van der Waals surface area contributed by atoms with E-state index in [1.165, 1.54) is 11.1 Å². The first kappa shape index (κ1) is 19.0. The molecule has 1 aromatic carbocycles. The Morgan fingerprint density at radius 1 is 1.26 bits per heavy atom. The van der Waals surface area contributed by atoms with Crippen LogP contribution in [-0.4, -0.2) is 32.1 Å². The Kier molecular flexibility index (Phi) is 8.67. The zero-order valence-electron chi connectivity index (χ0n) is 13.0. The lowest BCUT2D eigenvalue weighted by atomic mass is 10.0.